The first-order valence-corrected chi connectivity index (χ1v) is 4.19. The molecule has 58 valence electrons. The Balaban J connectivity index is 1.77. The molecule has 1 saturated heterocycles. The number of likely N-dealkylation sites (tertiary alicyclic amines) is 1. The highest BCUT2D eigenvalue weighted by Crippen LogP contribution is 2.36. The van der Waals surface area contributed by atoms with Crippen molar-refractivity contribution in [1.29, 1.82) is 0 Å². The van der Waals surface area contributed by atoms with E-state index in [9.17, 15) is 5.11 Å². The Morgan fingerprint density at radius 1 is 1.40 bits per heavy atom. The molecular weight excluding hydrogens is 126 g/mol. The lowest BCUT2D eigenvalue weighted by Crippen LogP contribution is -2.51. The van der Waals surface area contributed by atoms with E-state index in [0.717, 1.165) is 19.0 Å². The first-order chi connectivity index (χ1) is 4.77. The van der Waals surface area contributed by atoms with Gasteiger partial charge in [0.05, 0.1) is 0 Å². The van der Waals surface area contributed by atoms with Crippen molar-refractivity contribution in [3.05, 3.63) is 0 Å². The van der Waals surface area contributed by atoms with Gasteiger partial charge in [-0.1, -0.05) is 6.92 Å². The van der Waals surface area contributed by atoms with Crippen LogP contribution in [0.2, 0.25) is 0 Å². The van der Waals surface area contributed by atoms with Crippen LogP contribution < -0.4 is 0 Å². The summed E-state index contributed by atoms with van der Waals surface area (Å²) in [4.78, 5) is 2.18. The van der Waals surface area contributed by atoms with Crippen LogP contribution in [0.4, 0.5) is 0 Å². The molecule has 1 aliphatic carbocycles. The van der Waals surface area contributed by atoms with Crippen molar-refractivity contribution < 1.29 is 5.11 Å². The summed E-state index contributed by atoms with van der Waals surface area (Å²) in [7, 11) is 0. The summed E-state index contributed by atoms with van der Waals surface area (Å²) in [5.41, 5.74) is 0. The lowest BCUT2D eigenvalue weighted by molar-refractivity contribution is -0.0723. The van der Waals surface area contributed by atoms with Crippen LogP contribution in [-0.4, -0.2) is 29.3 Å². The third-order valence-electron chi connectivity index (χ3n) is 2.51. The predicted molar refractivity (Wildman–Crippen MR) is 39.5 cm³/mol. The molecule has 0 spiro atoms. The van der Waals surface area contributed by atoms with Gasteiger partial charge >= 0.3 is 0 Å². The molecule has 1 heterocycles. The van der Waals surface area contributed by atoms with E-state index in [0.29, 0.717) is 5.92 Å². The van der Waals surface area contributed by atoms with Gasteiger partial charge in [0.15, 0.2) is 0 Å². The van der Waals surface area contributed by atoms with Crippen molar-refractivity contribution in [3.63, 3.8) is 0 Å². The number of hydrogen-bond donors (Lipinski definition) is 1. The summed E-state index contributed by atoms with van der Waals surface area (Å²) in [6.07, 6.45) is 2.38. The number of rotatable bonds is 2. The minimum Gasteiger partial charge on any atom is -0.378 e. The fourth-order valence-corrected chi connectivity index (χ4v) is 1.66. The fraction of sp³-hybridized carbons (Fsp3) is 1.00. The van der Waals surface area contributed by atoms with Gasteiger partial charge in [-0.3, -0.25) is 4.90 Å². The average Bonchev–Trinajstić information content (AvgIpc) is 2.60. The summed E-state index contributed by atoms with van der Waals surface area (Å²) in [6, 6.07) is 0. The highest BCUT2D eigenvalue weighted by Gasteiger charge is 2.38. The lowest BCUT2D eigenvalue weighted by atomic mass is 10.0. The van der Waals surface area contributed by atoms with Gasteiger partial charge in [-0.15, -0.1) is 0 Å². The van der Waals surface area contributed by atoms with E-state index in [-0.39, 0.29) is 6.23 Å². The average molecular weight is 141 g/mol. The van der Waals surface area contributed by atoms with Gasteiger partial charge < -0.3 is 5.11 Å². The smallest absolute Gasteiger partial charge is 0.110 e. The zero-order valence-corrected chi connectivity index (χ0v) is 6.45. The molecule has 10 heavy (non-hydrogen) atoms. The topological polar surface area (TPSA) is 23.5 Å². The van der Waals surface area contributed by atoms with E-state index >= 15 is 0 Å². The van der Waals surface area contributed by atoms with Crippen molar-refractivity contribution in [1.82, 2.24) is 4.90 Å². The van der Waals surface area contributed by atoms with E-state index in [4.69, 9.17) is 0 Å². The Morgan fingerprint density at radius 2 is 2.00 bits per heavy atom. The van der Waals surface area contributed by atoms with E-state index in [1.807, 2.05) is 0 Å². The monoisotopic (exact) mass is 141 g/mol. The number of aliphatic hydroxyl groups excluding tert-OH is 1. The fourth-order valence-electron chi connectivity index (χ4n) is 1.66. The van der Waals surface area contributed by atoms with Gasteiger partial charge in [0.2, 0.25) is 0 Å². The maximum atomic E-state index is 9.55. The van der Waals surface area contributed by atoms with Crippen LogP contribution in [0.1, 0.15) is 19.8 Å². The quantitative estimate of drug-likeness (QED) is 0.611. The summed E-state index contributed by atoms with van der Waals surface area (Å²) in [5.74, 6) is 1.43. The third kappa shape index (κ3) is 1.06. The Morgan fingerprint density at radius 3 is 2.40 bits per heavy atom. The van der Waals surface area contributed by atoms with Crippen LogP contribution in [0.15, 0.2) is 0 Å². The molecule has 2 rings (SSSR count). The first kappa shape index (κ1) is 6.62. The molecular formula is C8H15NO. The van der Waals surface area contributed by atoms with Crippen molar-refractivity contribution in [3.8, 4) is 0 Å². The Hall–Kier alpha value is -0.0800. The largest absolute Gasteiger partial charge is 0.378 e. The standard InChI is InChI=1S/C8H15NO/c1-6-4-9(5-6)8(10)7-2-3-7/h6-8,10H,2-5H2,1H3. The molecule has 2 nitrogen and oxygen atoms in total. The van der Waals surface area contributed by atoms with Gasteiger partial charge in [-0.05, 0) is 24.7 Å². The molecule has 0 radical (unpaired) electrons. The number of aliphatic hydroxyl groups is 1. The summed E-state index contributed by atoms with van der Waals surface area (Å²) in [5, 5.41) is 9.55. The Bertz CT molecular complexity index is 127. The van der Waals surface area contributed by atoms with Crippen molar-refractivity contribution >= 4 is 0 Å². The maximum absolute atomic E-state index is 9.55. The van der Waals surface area contributed by atoms with E-state index < -0.39 is 0 Å². The molecule has 2 aliphatic rings. The number of nitrogens with zero attached hydrogens (tertiary/aromatic N) is 1. The van der Waals surface area contributed by atoms with Gasteiger partial charge in [0, 0.05) is 13.1 Å². The molecule has 0 bridgehead atoms. The Labute approximate surface area is 61.8 Å². The second-order valence-electron chi connectivity index (χ2n) is 3.81. The van der Waals surface area contributed by atoms with Crippen LogP contribution in [0.5, 0.6) is 0 Å². The normalized spacial score (nSPS) is 31.8. The predicted octanol–water partition coefficient (Wildman–Crippen LogP) is 0.667. The molecule has 1 N–H and O–H groups in total. The summed E-state index contributed by atoms with van der Waals surface area (Å²) < 4.78 is 0. The zero-order valence-electron chi connectivity index (χ0n) is 6.45. The summed E-state index contributed by atoms with van der Waals surface area (Å²) >= 11 is 0. The highest BCUT2D eigenvalue weighted by molar-refractivity contribution is 4.86. The van der Waals surface area contributed by atoms with E-state index in [2.05, 4.69) is 11.8 Å². The molecule has 2 fully saturated rings. The zero-order chi connectivity index (χ0) is 7.14. The van der Waals surface area contributed by atoms with Gasteiger partial charge in [-0.2, -0.15) is 0 Å². The van der Waals surface area contributed by atoms with Crippen LogP contribution >= 0.6 is 0 Å². The molecule has 1 aliphatic heterocycles. The lowest BCUT2D eigenvalue weighted by Gasteiger charge is -2.40. The van der Waals surface area contributed by atoms with Gasteiger partial charge in [-0.25, -0.2) is 0 Å². The minimum atomic E-state index is -0.101. The van der Waals surface area contributed by atoms with Crippen LogP contribution in [0.3, 0.4) is 0 Å². The van der Waals surface area contributed by atoms with Crippen LogP contribution in [0, 0.1) is 11.8 Å². The third-order valence-corrected chi connectivity index (χ3v) is 2.51. The van der Waals surface area contributed by atoms with Gasteiger partial charge in [0.25, 0.3) is 0 Å². The highest BCUT2D eigenvalue weighted by atomic mass is 16.3. The van der Waals surface area contributed by atoms with Crippen molar-refractivity contribution in [2.24, 2.45) is 11.8 Å². The second-order valence-corrected chi connectivity index (χ2v) is 3.81. The number of hydrogen-bond acceptors (Lipinski definition) is 2. The summed E-state index contributed by atoms with van der Waals surface area (Å²) in [6.45, 7) is 4.45. The van der Waals surface area contributed by atoms with Crippen LogP contribution in [-0.2, 0) is 0 Å². The SMILES string of the molecule is CC1CN(C(O)C2CC2)C1. The minimum absolute atomic E-state index is 0.101. The second kappa shape index (κ2) is 2.21. The van der Waals surface area contributed by atoms with E-state index in [1.54, 1.807) is 0 Å². The molecule has 0 aromatic heterocycles. The Kier molecular flexibility index (Phi) is 1.46. The molecule has 1 unspecified atom stereocenters. The molecule has 0 amide bonds. The molecule has 1 saturated carbocycles. The maximum Gasteiger partial charge on any atom is 0.110 e. The van der Waals surface area contributed by atoms with E-state index in [1.165, 1.54) is 12.8 Å². The van der Waals surface area contributed by atoms with Crippen LogP contribution in [0.25, 0.3) is 0 Å². The first-order valence-electron chi connectivity index (χ1n) is 4.19. The molecule has 1 atom stereocenters. The van der Waals surface area contributed by atoms with Crippen molar-refractivity contribution in [2.45, 2.75) is 26.0 Å². The van der Waals surface area contributed by atoms with Crippen molar-refractivity contribution in [2.75, 3.05) is 13.1 Å². The van der Waals surface area contributed by atoms with Gasteiger partial charge in [0.1, 0.15) is 6.23 Å². The molecule has 0 aromatic carbocycles. The molecule has 0 aromatic rings. The molecule has 2 heteroatoms.